The Morgan fingerprint density at radius 2 is 2.00 bits per heavy atom. The highest BCUT2D eigenvalue weighted by atomic mass is 16.4. The van der Waals surface area contributed by atoms with Gasteiger partial charge >= 0.3 is 5.69 Å². The maximum atomic E-state index is 11.5. The number of imidazole rings is 1. The third-order valence-corrected chi connectivity index (χ3v) is 2.60. The molecule has 9 nitrogen and oxygen atoms in total. The van der Waals surface area contributed by atoms with Crippen LogP contribution in [0.2, 0.25) is 0 Å². The van der Waals surface area contributed by atoms with Gasteiger partial charge in [0.05, 0.1) is 6.61 Å². The minimum absolute atomic E-state index is 0.0105. The summed E-state index contributed by atoms with van der Waals surface area (Å²) in [5.41, 5.74) is -1.24. The number of fused-ring (bicyclic) bond motifs is 1. The lowest BCUT2D eigenvalue weighted by atomic mass is 10.2. The summed E-state index contributed by atoms with van der Waals surface area (Å²) in [6.45, 7) is -0.659. The van der Waals surface area contributed by atoms with Crippen LogP contribution in [0.4, 0.5) is 0 Å². The van der Waals surface area contributed by atoms with Crippen LogP contribution in [0, 0.1) is 0 Å². The second-order valence-corrected chi connectivity index (χ2v) is 3.83. The van der Waals surface area contributed by atoms with Crippen LogP contribution in [0.25, 0.3) is 11.2 Å². The number of hydrogen-bond acceptors (Lipinski definition) is 6. The third kappa shape index (κ3) is 1.83. The number of nitrogens with one attached hydrogen (secondary N) is 2. The molecule has 0 aromatic carbocycles. The maximum Gasteiger partial charge on any atom is 0.329 e. The Labute approximate surface area is 99.4 Å². The van der Waals surface area contributed by atoms with Crippen LogP contribution in [0.3, 0.4) is 0 Å². The number of aliphatic hydroxyl groups excluding tert-OH is 3. The lowest BCUT2D eigenvalue weighted by Crippen LogP contribution is -2.28. The standard InChI is InChI=1S/C9H12N4O5/c1-13-7-4(8(17)12-9(13)18)10-6(11-7)5(16)3(15)2-14/h3,5,14-16H,2H2,1H3,(H,10,11)(H,12,17,18). The van der Waals surface area contributed by atoms with Crippen LogP contribution < -0.4 is 11.2 Å². The van der Waals surface area contributed by atoms with Gasteiger partial charge in [-0.1, -0.05) is 0 Å². The quantitative estimate of drug-likeness (QED) is 0.405. The number of aromatic nitrogens is 4. The molecular formula is C9H12N4O5. The van der Waals surface area contributed by atoms with Gasteiger partial charge in [-0.3, -0.25) is 14.3 Å². The average molecular weight is 256 g/mol. The van der Waals surface area contributed by atoms with E-state index in [1.165, 1.54) is 7.05 Å². The molecule has 18 heavy (non-hydrogen) atoms. The normalized spacial score (nSPS) is 14.9. The van der Waals surface area contributed by atoms with Crippen molar-refractivity contribution in [3.8, 4) is 0 Å². The van der Waals surface area contributed by atoms with Gasteiger partial charge in [-0.25, -0.2) is 9.78 Å². The summed E-state index contributed by atoms with van der Waals surface area (Å²) in [5.74, 6) is -0.0988. The van der Waals surface area contributed by atoms with Gasteiger partial charge in [0, 0.05) is 7.05 Å². The van der Waals surface area contributed by atoms with E-state index in [2.05, 4.69) is 15.0 Å². The van der Waals surface area contributed by atoms with Crippen molar-refractivity contribution >= 4 is 11.2 Å². The highest BCUT2D eigenvalue weighted by Gasteiger charge is 2.22. The lowest BCUT2D eigenvalue weighted by Gasteiger charge is -2.12. The van der Waals surface area contributed by atoms with Crippen LogP contribution in [-0.2, 0) is 7.05 Å². The minimum atomic E-state index is -1.48. The molecule has 0 saturated carbocycles. The van der Waals surface area contributed by atoms with Crippen LogP contribution >= 0.6 is 0 Å². The van der Waals surface area contributed by atoms with Gasteiger partial charge in [-0.2, -0.15) is 0 Å². The first-order valence-corrected chi connectivity index (χ1v) is 5.11. The molecule has 5 N–H and O–H groups in total. The summed E-state index contributed by atoms with van der Waals surface area (Å²) in [6.07, 6.45) is -2.90. The van der Waals surface area contributed by atoms with Crippen molar-refractivity contribution in [2.75, 3.05) is 6.61 Å². The van der Waals surface area contributed by atoms with Gasteiger partial charge in [-0.05, 0) is 0 Å². The van der Waals surface area contributed by atoms with Gasteiger partial charge in [0.1, 0.15) is 23.5 Å². The van der Waals surface area contributed by atoms with Crippen molar-refractivity contribution in [3.63, 3.8) is 0 Å². The molecule has 0 bridgehead atoms. The minimum Gasteiger partial charge on any atom is -0.394 e. The summed E-state index contributed by atoms with van der Waals surface area (Å²) in [7, 11) is 1.40. The van der Waals surface area contributed by atoms with Crippen molar-refractivity contribution < 1.29 is 15.3 Å². The molecule has 0 amide bonds. The first-order valence-electron chi connectivity index (χ1n) is 5.11. The molecule has 9 heteroatoms. The molecule has 0 aliphatic carbocycles. The van der Waals surface area contributed by atoms with Crippen LogP contribution in [-0.4, -0.2) is 47.5 Å². The fraction of sp³-hybridized carbons (Fsp3) is 0.444. The summed E-state index contributed by atoms with van der Waals surface area (Å²) in [6, 6.07) is 0. The number of rotatable bonds is 3. The molecule has 0 aliphatic heterocycles. The second-order valence-electron chi connectivity index (χ2n) is 3.83. The molecule has 2 aromatic heterocycles. The van der Waals surface area contributed by atoms with Crippen LogP contribution in [0.1, 0.15) is 11.9 Å². The number of aromatic amines is 2. The van der Waals surface area contributed by atoms with E-state index in [-0.39, 0.29) is 17.0 Å². The van der Waals surface area contributed by atoms with E-state index in [9.17, 15) is 19.8 Å². The molecule has 2 heterocycles. The summed E-state index contributed by atoms with van der Waals surface area (Å²) in [5, 5.41) is 27.6. The number of aliphatic hydroxyl groups is 3. The Hall–Kier alpha value is -1.97. The van der Waals surface area contributed by atoms with Crippen molar-refractivity contribution in [3.05, 3.63) is 26.7 Å². The molecule has 0 saturated heterocycles. The Morgan fingerprint density at radius 3 is 2.61 bits per heavy atom. The van der Waals surface area contributed by atoms with Gasteiger partial charge in [0.2, 0.25) is 0 Å². The van der Waals surface area contributed by atoms with Crippen molar-refractivity contribution in [1.29, 1.82) is 0 Å². The van der Waals surface area contributed by atoms with E-state index >= 15 is 0 Å². The largest absolute Gasteiger partial charge is 0.394 e. The second kappa shape index (κ2) is 4.37. The predicted molar refractivity (Wildman–Crippen MR) is 60.0 cm³/mol. The fourth-order valence-electron chi connectivity index (χ4n) is 1.54. The monoisotopic (exact) mass is 256 g/mol. The zero-order chi connectivity index (χ0) is 13.4. The molecule has 2 aromatic rings. The highest BCUT2D eigenvalue weighted by Crippen LogP contribution is 2.15. The Kier molecular flexibility index (Phi) is 3.03. The fourth-order valence-corrected chi connectivity index (χ4v) is 1.54. The smallest absolute Gasteiger partial charge is 0.329 e. The summed E-state index contributed by atoms with van der Waals surface area (Å²) >= 11 is 0. The number of aryl methyl sites for hydroxylation is 1. The number of hydrogen-bond donors (Lipinski definition) is 5. The van der Waals surface area contributed by atoms with Crippen molar-refractivity contribution in [2.24, 2.45) is 7.05 Å². The van der Waals surface area contributed by atoms with Crippen LogP contribution in [0.5, 0.6) is 0 Å². The maximum absolute atomic E-state index is 11.5. The first kappa shape index (κ1) is 12.5. The molecule has 2 rings (SSSR count). The molecule has 2 unspecified atom stereocenters. The van der Waals surface area contributed by atoms with E-state index in [1.54, 1.807) is 0 Å². The van der Waals surface area contributed by atoms with Crippen LogP contribution in [0.15, 0.2) is 9.59 Å². The Balaban J connectivity index is 2.64. The molecule has 98 valence electrons. The molecular weight excluding hydrogens is 244 g/mol. The number of nitrogens with zero attached hydrogens (tertiary/aromatic N) is 2. The third-order valence-electron chi connectivity index (χ3n) is 2.60. The Bertz CT molecular complexity index is 684. The van der Waals surface area contributed by atoms with E-state index < -0.39 is 30.1 Å². The SMILES string of the molecule is Cn1c(=O)[nH]c(=O)c2[nH]c(C(O)C(O)CO)nc21. The lowest BCUT2D eigenvalue weighted by molar-refractivity contribution is -0.0189. The molecule has 0 fully saturated rings. The van der Waals surface area contributed by atoms with E-state index in [1.807, 2.05) is 0 Å². The molecule has 0 radical (unpaired) electrons. The molecule has 0 spiro atoms. The van der Waals surface area contributed by atoms with E-state index in [0.29, 0.717) is 0 Å². The zero-order valence-corrected chi connectivity index (χ0v) is 9.41. The summed E-state index contributed by atoms with van der Waals surface area (Å²) < 4.78 is 1.09. The topological polar surface area (TPSA) is 144 Å². The van der Waals surface area contributed by atoms with Crippen molar-refractivity contribution in [1.82, 2.24) is 19.5 Å². The van der Waals surface area contributed by atoms with Gasteiger partial charge < -0.3 is 20.3 Å². The van der Waals surface area contributed by atoms with Crippen molar-refractivity contribution in [2.45, 2.75) is 12.2 Å². The van der Waals surface area contributed by atoms with E-state index in [4.69, 9.17) is 5.11 Å². The zero-order valence-electron chi connectivity index (χ0n) is 9.41. The molecule has 2 atom stereocenters. The van der Waals surface area contributed by atoms with Gasteiger partial charge in [0.15, 0.2) is 5.65 Å². The predicted octanol–water partition coefficient (Wildman–Crippen LogP) is -2.66. The van der Waals surface area contributed by atoms with Gasteiger partial charge in [-0.15, -0.1) is 0 Å². The average Bonchev–Trinajstić information content (AvgIpc) is 2.79. The first-order chi connectivity index (χ1) is 8.45. The highest BCUT2D eigenvalue weighted by molar-refractivity contribution is 5.69. The summed E-state index contributed by atoms with van der Waals surface area (Å²) in [4.78, 5) is 31.3. The van der Waals surface area contributed by atoms with E-state index in [0.717, 1.165) is 4.57 Å². The Morgan fingerprint density at radius 1 is 1.33 bits per heavy atom. The number of H-pyrrole nitrogens is 2. The molecule has 0 aliphatic rings. The van der Waals surface area contributed by atoms with Gasteiger partial charge in [0.25, 0.3) is 5.56 Å².